The molecule has 0 radical (unpaired) electrons. The standard InChI is InChI=1S/C23H28N6O2S/c1-23(16-24)8-3-13-29(17-23)32(30,31)22-6-5-21(20-15-25-9-7-19(20)22)27(2)11-4-12-28-14-10-26-18-28/h5-7,9-10,14-15,18H,3-4,8,11-13,17H2,1-2H3. The molecule has 32 heavy (non-hydrogen) atoms. The molecule has 0 saturated carbocycles. The second-order valence-electron chi connectivity index (χ2n) is 8.69. The molecule has 1 fully saturated rings. The molecule has 0 spiro atoms. The van der Waals surface area contributed by atoms with Gasteiger partial charge in [0.1, 0.15) is 0 Å². The molecule has 168 valence electrons. The third-order valence-corrected chi connectivity index (χ3v) is 8.09. The number of sulfonamides is 1. The highest BCUT2D eigenvalue weighted by Gasteiger charge is 2.37. The molecule has 1 aliphatic rings. The number of anilines is 1. The Labute approximate surface area is 189 Å². The van der Waals surface area contributed by atoms with E-state index in [0.717, 1.165) is 30.6 Å². The van der Waals surface area contributed by atoms with E-state index in [4.69, 9.17) is 0 Å². The van der Waals surface area contributed by atoms with Crippen LogP contribution in [0.4, 0.5) is 5.69 Å². The highest BCUT2D eigenvalue weighted by molar-refractivity contribution is 7.89. The van der Waals surface area contributed by atoms with Crippen LogP contribution in [0, 0.1) is 16.7 Å². The van der Waals surface area contributed by atoms with Crippen molar-refractivity contribution in [2.75, 3.05) is 31.6 Å². The molecule has 8 nitrogen and oxygen atoms in total. The zero-order chi connectivity index (χ0) is 22.8. The smallest absolute Gasteiger partial charge is 0.243 e. The van der Waals surface area contributed by atoms with Gasteiger partial charge in [0.15, 0.2) is 0 Å². The van der Waals surface area contributed by atoms with E-state index < -0.39 is 15.4 Å². The third kappa shape index (κ3) is 4.33. The molecule has 1 saturated heterocycles. The molecule has 0 amide bonds. The molecule has 1 unspecified atom stereocenters. The number of benzene rings is 1. The van der Waals surface area contributed by atoms with E-state index in [1.807, 2.05) is 30.8 Å². The summed E-state index contributed by atoms with van der Waals surface area (Å²) in [5.41, 5.74) is 0.288. The van der Waals surface area contributed by atoms with Crippen LogP contribution < -0.4 is 4.90 Å². The lowest BCUT2D eigenvalue weighted by Crippen LogP contribution is -2.44. The maximum Gasteiger partial charge on any atom is 0.243 e. The minimum atomic E-state index is -3.73. The lowest BCUT2D eigenvalue weighted by molar-refractivity contribution is 0.223. The zero-order valence-corrected chi connectivity index (χ0v) is 19.3. The summed E-state index contributed by atoms with van der Waals surface area (Å²) in [6, 6.07) is 7.61. The first kappa shape index (κ1) is 22.2. The predicted molar refractivity (Wildman–Crippen MR) is 124 cm³/mol. The number of aromatic nitrogens is 3. The first-order valence-corrected chi connectivity index (χ1v) is 12.2. The van der Waals surface area contributed by atoms with Gasteiger partial charge < -0.3 is 9.47 Å². The van der Waals surface area contributed by atoms with E-state index in [9.17, 15) is 13.7 Å². The molecule has 4 rings (SSSR count). The Morgan fingerprint density at radius 2 is 2.06 bits per heavy atom. The van der Waals surface area contributed by atoms with Crippen LogP contribution in [-0.4, -0.2) is 53.9 Å². The van der Waals surface area contributed by atoms with Crippen molar-refractivity contribution in [1.29, 1.82) is 5.26 Å². The minimum absolute atomic E-state index is 0.217. The first-order valence-electron chi connectivity index (χ1n) is 10.8. The maximum absolute atomic E-state index is 13.6. The fourth-order valence-electron chi connectivity index (χ4n) is 4.36. The van der Waals surface area contributed by atoms with Gasteiger partial charge in [0.2, 0.25) is 10.0 Å². The van der Waals surface area contributed by atoms with Gasteiger partial charge in [0.05, 0.1) is 22.7 Å². The topological polar surface area (TPSA) is 95.1 Å². The van der Waals surface area contributed by atoms with Crippen molar-refractivity contribution < 1.29 is 8.42 Å². The second kappa shape index (κ2) is 8.88. The molecule has 0 aliphatic carbocycles. The van der Waals surface area contributed by atoms with Crippen LogP contribution in [-0.2, 0) is 16.6 Å². The number of rotatable bonds is 7. The van der Waals surface area contributed by atoms with Crippen LogP contribution in [0.25, 0.3) is 10.8 Å². The Bertz CT molecular complexity index is 1240. The van der Waals surface area contributed by atoms with Crippen LogP contribution in [0.2, 0.25) is 0 Å². The van der Waals surface area contributed by atoms with Crippen molar-refractivity contribution in [2.24, 2.45) is 5.41 Å². The van der Waals surface area contributed by atoms with Gasteiger partial charge >= 0.3 is 0 Å². The van der Waals surface area contributed by atoms with E-state index >= 15 is 0 Å². The average Bonchev–Trinajstić information content (AvgIpc) is 3.32. The molecule has 0 N–H and O–H groups in total. The van der Waals surface area contributed by atoms with Gasteiger partial charge in [-0.3, -0.25) is 4.98 Å². The summed E-state index contributed by atoms with van der Waals surface area (Å²) in [4.78, 5) is 10.7. The number of nitriles is 1. The summed E-state index contributed by atoms with van der Waals surface area (Å²) < 4.78 is 30.6. The van der Waals surface area contributed by atoms with E-state index in [1.165, 1.54) is 4.31 Å². The van der Waals surface area contributed by atoms with E-state index in [1.54, 1.807) is 37.1 Å². The number of nitrogens with zero attached hydrogens (tertiary/aromatic N) is 6. The van der Waals surface area contributed by atoms with Gasteiger partial charge in [-0.05, 0) is 44.4 Å². The highest BCUT2D eigenvalue weighted by atomic mass is 32.2. The summed E-state index contributed by atoms with van der Waals surface area (Å²) in [5, 5.41) is 11.0. The van der Waals surface area contributed by atoms with Crippen LogP contribution in [0.3, 0.4) is 0 Å². The first-order chi connectivity index (χ1) is 15.3. The van der Waals surface area contributed by atoms with Crippen molar-refractivity contribution >= 4 is 26.5 Å². The number of hydrogen-bond donors (Lipinski definition) is 0. The van der Waals surface area contributed by atoms with Gasteiger partial charge in [-0.2, -0.15) is 9.57 Å². The van der Waals surface area contributed by atoms with Gasteiger partial charge in [-0.25, -0.2) is 13.4 Å². The summed E-state index contributed by atoms with van der Waals surface area (Å²) in [5.74, 6) is 0. The van der Waals surface area contributed by atoms with E-state index in [-0.39, 0.29) is 11.4 Å². The van der Waals surface area contributed by atoms with E-state index in [2.05, 4.69) is 20.9 Å². The van der Waals surface area contributed by atoms with Crippen molar-refractivity contribution in [3.05, 3.63) is 49.3 Å². The summed E-state index contributed by atoms with van der Waals surface area (Å²) in [6.45, 7) is 4.15. The molecular formula is C23H28N6O2S. The number of pyridine rings is 1. The van der Waals surface area contributed by atoms with Crippen LogP contribution in [0.15, 0.2) is 54.2 Å². The zero-order valence-electron chi connectivity index (χ0n) is 18.5. The molecular weight excluding hydrogens is 424 g/mol. The van der Waals surface area contributed by atoms with Crippen molar-refractivity contribution in [2.45, 2.75) is 37.6 Å². The number of imidazole rings is 1. The van der Waals surface area contributed by atoms with E-state index in [0.29, 0.717) is 24.8 Å². The van der Waals surface area contributed by atoms with Gasteiger partial charge in [-0.1, -0.05) is 0 Å². The summed E-state index contributed by atoms with van der Waals surface area (Å²) >= 11 is 0. The molecule has 0 bridgehead atoms. The Kier molecular flexibility index (Phi) is 6.17. The SMILES string of the molecule is CN(CCCn1ccnc1)c1ccc(S(=O)(=O)N2CCCC(C)(C#N)C2)c2ccncc12. The Morgan fingerprint density at radius 3 is 2.81 bits per heavy atom. The second-order valence-corrected chi connectivity index (χ2v) is 10.6. The minimum Gasteiger partial charge on any atom is -0.374 e. The quantitative estimate of drug-likeness (QED) is 0.546. The van der Waals surface area contributed by atoms with Gasteiger partial charge in [0, 0.05) is 74.5 Å². The number of aryl methyl sites for hydroxylation is 1. The molecule has 1 aromatic carbocycles. The largest absolute Gasteiger partial charge is 0.374 e. The van der Waals surface area contributed by atoms with Crippen LogP contribution in [0.1, 0.15) is 26.2 Å². The lowest BCUT2D eigenvalue weighted by Gasteiger charge is -2.35. The Hall–Kier alpha value is -2.96. The third-order valence-electron chi connectivity index (χ3n) is 6.18. The van der Waals surface area contributed by atoms with Gasteiger partial charge in [-0.15, -0.1) is 0 Å². The maximum atomic E-state index is 13.6. The van der Waals surface area contributed by atoms with Crippen molar-refractivity contribution in [3.63, 3.8) is 0 Å². The van der Waals surface area contributed by atoms with Crippen molar-refractivity contribution in [3.8, 4) is 6.07 Å². The Morgan fingerprint density at radius 1 is 1.22 bits per heavy atom. The van der Waals surface area contributed by atoms with Crippen LogP contribution >= 0.6 is 0 Å². The van der Waals surface area contributed by atoms with Gasteiger partial charge in [0.25, 0.3) is 0 Å². The number of piperidine rings is 1. The highest BCUT2D eigenvalue weighted by Crippen LogP contribution is 2.36. The fourth-order valence-corrected chi connectivity index (χ4v) is 6.16. The summed E-state index contributed by atoms with van der Waals surface area (Å²) in [7, 11) is -1.73. The van der Waals surface area contributed by atoms with Crippen LogP contribution in [0.5, 0.6) is 0 Å². The monoisotopic (exact) mass is 452 g/mol. The molecule has 3 heterocycles. The average molecular weight is 453 g/mol. The summed E-state index contributed by atoms with van der Waals surface area (Å²) in [6.07, 6.45) is 11.2. The fraction of sp³-hybridized carbons (Fsp3) is 0.435. The molecule has 1 aliphatic heterocycles. The molecule has 2 aromatic heterocycles. The number of hydrogen-bond acceptors (Lipinski definition) is 6. The molecule has 1 atom stereocenters. The predicted octanol–water partition coefficient (Wildman–Crippen LogP) is 3.27. The van der Waals surface area contributed by atoms with Crippen molar-refractivity contribution in [1.82, 2.24) is 18.8 Å². The lowest BCUT2D eigenvalue weighted by atomic mass is 9.85. The number of fused-ring (bicyclic) bond motifs is 1. The molecule has 9 heteroatoms. The normalized spacial score (nSPS) is 19.7. The molecule has 3 aromatic rings. The Balaban J connectivity index is 1.62.